The van der Waals surface area contributed by atoms with Gasteiger partial charge in [0.15, 0.2) is 5.96 Å². The first-order chi connectivity index (χ1) is 13.2. The van der Waals surface area contributed by atoms with Crippen LogP contribution in [0.4, 0.5) is 0 Å². The first-order valence-corrected chi connectivity index (χ1v) is 9.27. The summed E-state index contributed by atoms with van der Waals surface area (Å²) in [4.78, 5) is 8.56. The Morgan fingerprint density at radius 1 is 1.07 bits per heavy atom. The minimum atomic E-state index is 0.624. The van der Waals surface area contributed by atoms with Crippen LogP contribution in [0.15, 0.2) is 65.9 Å². The fraction of sp³-hybridized carbons (Fsp3) is 0.238. The van der Waals surface area contributed by atoms with Crippen LogP contribution in [-0.4, -0.2) is 22.6 Å². The number of aromatic nitrogens is 2. The maximum absolute atomic E-state index is 6.20. The van der Waals surface area contributed by atoms with E-state index >= 15 is 0 Å². The summed E-state index contributed by atoms with van der Waals surface area (Å²) in [6.45, 7) is 4.15. The van der Waals surface area contributed by atoms with E-state index in [1.807, 2.05) is 43.6 Å². The van der Waals surface area contributed by atoms with Crippen LogP contribution in [0.1, 0.15) is 22.5 Å². The highest BCUT2D eigenvalue weighted by molar-refractivity contribution is 6.31. The summed E-state index contributed by atoms with van der Waals surface area (Å²) in [6, 6.07) is 16.3. The SMILES string of the molecule is CN=C(NCc1cccc(Cn2ccnc2C)c1)NCc1ccccc1Cl. The van der Waals surface area contributed by atoms with Crippen LogP contribution >= 0.6 is 11.6 Å². The lowest BCUT2D eigenvalue weighted by Crippen LogP contribution is -2.36. The second-order valence-electron chi connectivity index (χ2n) is 6.29. The van der Waals surface area contributed by atoms with Crippen LogP contribution in [0.5, 0.6) is 0 Å². The molecule has 0 fully saturated rings. The smallest absolute Gasteiger partial charge is 0.191 e. The third kappa shape index (κ3) is 5.34. The van der Waals surface area contributed by atoms with Gasteiger partial charge in [-0.25, -0.2) is 4.98 Å². The molecule has 6 heteroatoms. The van der Waals surface area contributed by atoms with E-state index in [2.05, 4.69) is 49.4 Å². The highest BCUT2D eigenvalue weighted by Crippen LogP contribution is 2.14. The average Bonchev–Trinajstić information content (AvgIpc) is 3.08. The fourth-order valence-corrected chi connectivity index (χ4v) is 3.04. The zero-order valence-electron chi connectivity index (χ0n) is 15.6. The monoisotopic (exact) mass is 381 g/mol. The van der Waals surface area contributed by atoms with E-state index in [1.165, 1.54) is 11.1 Å². The van der Waals surface area contributed by atoms with Crippen LogP contribution in [0.3, 0.4) is 0 Å². The van der Waals surface area contributed by atoms with Crippen molar-refractivity contribution >= 4 is 17.6 Å². The summed E-state index contributed by atoms with van der Waals surface area (Å²) in [5, 5.41) is 7.40. The molecule has 3 aromatic rings. The largest absolute Gasteiger partial charge is 0.352 e. The molecule has 0 bridgehead atoms. The number of rotatable bonds is 6. The normalized spacial score (nSPS) is 11.4. The van der Waals surface area contributed by atoms with Crippen LogP contribution in [0, 0.1) is 6.92 Å². The minimum Gasteiger partial charge on any atom is -0.352 e. The van der Waals surface area contributed by atoms with Crippen molar-refractivity contribution in [2.75, 3.05) is 7.05 Å². The van der Waals surface area contributed by atoms with E-state index in [1.54, 1.807) is 7.05 Å². The predicted octanol–water partition coefficient (Wildman–Crippen LogP) is 3.76. The number of imidazole rings is 1. The molecule has 0 spiro atoms. The first kappa shape index (κ1) is 19.0. The van der Waals surface area contributed by atoms with Crippen molar-refractivity contribution in [3.63, 3.8) is 0 Å². The van der Waals surface area contributed by atoms with Crippen LogP contribution in [-0.2, 0) is 19.6 Å². The molecule has 0 aliphatic carbocycles. The molecule has 0 amide bonds. The second-order valence-corrected chi connectivity index (χ2v) is 6.70. The van der Waals surface area contributed by atoms with Gasteiger partial charge in [0, 0.05) is 44.1 Å². The Hall–Kier alpha value is -2.79. The topological polar surface area (TPSA) is 54.2 Å². The van der Waals surface area contributed by atoms with Crippen molar-refractivity contribution in [2.24, 2.45) is 4.99 Å². The maximum atomic E-state index is 6.20. The Bertz CT molecular complexity index is 916. The van der Waals surface area contributed by atoms with Crippen molar-refractivity contribution in [2.45, 2.75) is 26.6 Å². The van der Waals surface area contributed by atoms with Gasteiger partial charge in [0.25, 0.3) is 0 Å². The van der Waals surface area contributed by atoms with E-state index in [9.17, 15) is 0 Å². The van der Waals surface area contributed by atoms with E-state index in [0.29, 0.717) is 13.1 Å². The molecule has 27 heavy (non-hydrogen) atoms. The van der Waals surface area contributed by atoms with Crippen molar-refractivity contribution in [3.05, 3.63) is 88.5 Å². The molecule has 1 aromatic heterocycles. The lowest BCUT2D eigenvalue weighted by atomic mass is 10.1. The van der Waals surface area contributed by atoms with E-state index < -0.39 is 0 Å². The number of aryl methyl sites for hydroxylation is 1. The molecule has 5 nitrogen and oxygen atoms in total. The third-order valence-electron chi connectivity index (χ3n) is 4.36. The van der Waals surface area contributed by atoms with Gasteiger partial charge in [0.2, 0.25) is 0 Å². The number of nitrogens with zero attached hydrogens (tertiary/aromatic N) is 3. The molecule has 3 rings (SSSR count). The van der Waals surface area contributed by atoms with E-state index in [4.69, 9.17) is 11.6 Å². The minimum absolute atomic E-state index is 0.624. The standard InChI is InChI=1S/C21H24ClN5/c1-16-24-10-11-27(16)15-18-7-5-6-17(12-18)13-25-21(23-2)26-14-19-8-3-4-9-20(19)22/h3-12H,13-15H2,1-2H3,(H2,23,25,26). The molecule has 0 atom stereocenters. The van der Waals surface area contributed by atoms with E-state index in [-0.39, 0.29) is 0 Å². The molecule has 0 saturated carbocycles. The number of hydrogen-bond acceptors (Lipinski definition) is 2. The quantitative estimate of drug-likeness (QED) is 0.505. The Labute approximate surface area is 165 Å². The summed E-state index contributed by atoms with van der Waals surface area (Å²) >= 11 is 6.20. The Morgan fingerprint density at radius 3 is 2.59 bits per heavy atom. The van der Waals surface area contributed by atoms with Crippen molar-refractivity contribution in [1.82, 2.24) is 20.2 Å². The van der Waals surface area contributed by atoms with Crippen molar-refractivity contribution in [1.29, 1.82) is 0 Å². The van der Waals surface area contributed by atoms with Gasteiger partial charge in [-0.3, -0.25) is 4.99 Å². The lowest BCUT2D eigenvalue weighted by Gasteiger charge is -2.13. The zero-order valence-corrected chi connectivity index (χ0v) is 16.4. The third-order valence-corrected chi connectivity index (χ3v) is 4.72. The van der Waals surface area contributed by atoms with Gasteiger partial charge < -0.3 is 15.2 Å². The lowest BCUT2D eigenvalue weighted by molar-refractivity contribution is 0.758. The van der Waals surface area contributed by atoms with Gasteiger partial charge in [-0.05, 0) is 29.7 Å². The zero-order chi connectivity index (χ0) is 19.1. The number of aliphatic imine (C=N–C) groups is 1. The van der Waals surface area contributed by atoms with Crippen molar-refractivity contribution in [3.8, 4) is 0 Å². The highest BCUT2D eigenvalue weighted by atomic mass is 35.5. The molecule has 2 aromatic carbocycles. The predicted molar refractivity (Wildman–Crippen MR) is 111 cm³/mol. The van der Waals surface area contributed by atoms with Crippen molar-refractivity contribution < 1.29 is 0 Å². The molecular formula is C21H24ClN5. The number of nitrogens with one attached hydrogen (secondary N) is 2. The number of benzene rings is 2. The molecule has 0 unspecified atom stereocenters. The average molecular weight is 382 g/mol. The Kier molecular flexibility index (Phi) is 6.49. The van der Waals surface area contributed by atoms with Crippen LogP contribution in [0.25, 0.3) is 0 Å². The van der Waals surface area contributed by atoms with Crippen LogP contribution in [0.2, 0.25) is 5.02 Å². The summed E-state index contributed by atoms with van der Waals surface area (Å²) in [5.74, 6) is 1.76. The summed E-state index contributed by atoms with van der Waals surface area (Å²) in [5.41, 5.74) is 3.49. The molecule has 1 heterocycles. The fourth-order valence-electron chi connectivity index (χ4n) is 2.83. The molecule has 140 valence electrons. The molecule has 0 aliphatic rings. The molecule has 2 N–H and O–H groups in total. The Morgan fingerprint density at radius 2 is 1.85 bits per heavy atom. The molecule has 0 radical (unpaired) electrons. The summed E-state index contributed by atoms with van der Waals surface area (Å²) in [7, 11) is 1.76. The molecular weight excluding hydrogens is 358 g/mol. The molecule has 0 aliphatic heterocycles. The number of halogens is 1. The maximum Gasteiger partial charge on any atom is 0.191 e. The van der Waals surface area contributed by atoms with Gasteiger partial charge in [0.1, 0.15) is 5.82 Å². The summed E-state index contributed by atoms with van der Waals surface area (Å²) in [6.07, 6.45) is 3.83. The van der Waals surface area contributed by atoms with E-state index in [0.717, 1.165) is 28.9 Å². The molecule has 0 saturated heterocycles. The highest BCUT2D eigenvalue weighted by Gasteiger charge is 2.03. The van der Waals surface area contributed by atoms with Gasteiger partial charge >= 0.3 is 0 Å². The van der Waals surface area contributed by atoms with Gasteiger partial charge in [0.05, 0.1) is 0 Å². The van der Waals surface area contributed by atoms with Gasteiger partial charge in [-0.15, -0.1) is 0 Å². The summed E-state index contributed by atoms with van der Waals surface area (Å²) < 4.78 is 2.14. The number of hydrogen-bond donors (Lipinski definition) is 2. The number of guanidine groups is 1. The Balaban J connectivity index is 1.56. The van der Waals surface area contributed by atoms with Gasteiger partial charge in [-0.2, -0.15) is 0 Å². The second kappa shape index (κ2) is 9.24. The van der Waals surface area contributed by atoms with Gasteiger partial charge in [-0.1, -0.05) is 54.1 Å². The van der Waals surface area contributed by atoms with Crippen LogP contribution < -0.4 is 10.6 Å². The first-order valence-electron chi connectivity index (χ1n) is 8.89.